The van der Waals surface area contributed by atoms with Crippen molar-refractivity contribution in [1.29, 1.82) is 0 Å². The molecule has 0 saturated heterocycles. The Morgan fingerprint density at radius 1 is 0.344 bits per heavy atom. The predicted octanol–water partition coefficient (Wildman–Crippen LogP) is 16.7. The lowest BCUT2D eigenvalue weighted by Gasteiger charge is -2.16. The molecule has 12 aromatic rings. The Bertz CT molecular complexity index is 3600. The Kier molecular flexibility index (Phi) is 8.39. The second-order valence-corrected chi connectivity index (χ2v) is 16.9. The lowest BCUT2D eigenvalue weighted by atomic mass is 9.94. The van der Waals surface area contributed by atoms with Gasteiger partial charge in [-0.15, -0.1) is 11.3 Å². The third-order valence-electron chi connectivity index (χ3n) is 12.2. The second-order valence-electron chi connectivity index (χ2n) is 15.8. The van der Waals surface area contributed by atoms with Gasteiger partial charge in [0.05, 0.1) is 11.0 Å². The lowest BCUT2D eigenvalue weighted by Crippen LogP contribution is -1.94. The van der Waals surface area contributed by atoms with Crippen LogP contribution in [0.1, 0.15) is 0 Å². The molecule has 0 aliphatic carbocycles. The number of para-hydroxylation sites is 2. The number of rotatable bonds is 7. The Labute approximate surface area is 358 Å². The zero-order valence-corrected chi connectivity index (χ0v) is 34.0. The minimum Gasteiger partial charge on any atom is -0.355 e. The van der Waals surface area contributed by atoms with Gasteiger partial charge in [-0.1, -0.05) is 164 Å². The molecule has 0 saturated carbocycles. The maximum Gasteiger partial charge on any atom is 0.0541 e. The van der Waals surface area contributed by atoms with Crippen LogP contribution in [0.3, 0.4) is 0 Å². The van der Waals surface area contributed by atoms with E-state index in [0.717, 1.165) is 16.9 Å². The Morgan fingerprint density at radius 2 is 0.951 bits per heavy atom. The van der Waals surface area contributed by atoms with Crippen LogP contribution < -0.4 is 5.32 Å². The number of nitrogens with zero attached hydrogens (tertiary/aromatic N) is 1. The molecule has 286 valence electrons. The molecule has 0 amide bonds. The van der Waals surface area contributed by atoms with Gasteiger partial charge in [0.25, 0.3) is 0 Å². The van der Waals surface area contributed by atoms with Crippen LogP contribution in [-0.4, -0.2) is 4.57 Å². The van der Waals surface area contributed by atoms with Gasteiger partial charge in [-0.3, -0.25) is 0 Å². The van der Waals surface area contributed by atoms with Gasteiger partial charge in [0, 0.05) is 53.6 Å². The van der Waals surface area contributed by atoms with Crippen LogP contribution in [0.5, 0.6) is 0 Å². The average molecular weight is 795 g/mol. The van der Waals surface area contributed by atoms with E-state index >= 15 is 0 Å². The first-order valence-electron chi connectivity index (χ1n) is 20.8. The molecule has 2 heterocycles. The van der Waals surface area contributed by atoms with Gasteiger partial charge in [0.2, 0.25) is 0 Å². The third kappa shape index (κ3) is 6.18. The monoisotopic (exact) mass is 794 g/mol. The van der Waals surface area contributed by atoms with Crippen molar-refractivity contribution in [2.45, 2.75) is 0 Å². The minimum atomic E-state index is 1.06. The van der Waals surface area contributed by atoms with Crippen molar-refractivity contribution in [2.75, 3.05) is 5.32 Å². The second kappa shape index (κ2) is 14.5. The van der Waals surface area contributed by atoms with Gasteiger partial charge in [-0.2, -0.15) is 0 Å². The molecule has 0 radical (unpaired) electrons. The van der Waals surface area contributed by atoms with Gasteiger partial charge < -0.3 is 9.88 Å². The highest BCUT2D eigenvalue weighted by molar-refractivity contribution is 7.26. The summed E-state index contributed by atoms with van der Waals surface area (Å²) >= 11 is 1.88. The first-order chi connectivity index (χ1) is 30.2. The van der Waals surface area contributed by atoms with Crippen LogP contribution in [0, 0.1) is 0 Å². The normalized spacial score (nSPS) is 11.6. The van der Waals surface area contributed by atoms with E-state index in [-0.39, 0.29) is 0 Å². The summed E-state index contributed by atoms with van der Waals surface area (Å²) in [5, 5.41) is 11.4. The predicted molar refractivity (Wildman–Crippen MR) is 263 cm³/mol. The topological polar surface area (TPSA) is 17.0 Å². The lowest BCUT2D eigenvalue weighted by molar-refractivity contribution is 1.19. The van der Waals surface area contributed by atoms with Crippen molar-refractivity contribution in [3.63, 3.8) is 0 Å². The number of benzene rings is 10. The van der Waals surface area contributed by atoms with Gasteiger partial charge in [0.1, 0.15) is 0 Å². The summed E-state index contributed by atoms with van der Waals surface area (Å²) < 4.78 is 5.06. The van der Waals surface area contributed by atoms with E-state index < -0.39 is 0 Å². The summed E-state index contributed by atoms with van der Waals surface area (Å²) in [6, 6.07) is 81.7. The SMILES string of the molecule is c1ccc(Nc2ccc(-c3ccc(-c4ccc5c(c4)c4ccccc4n5-c4ccc5ccccc5c4)cc3)cc2-c2ccc(-c3cccc4c3sc3ccccc34)cc2)cc1. The molecule has 0 atom stereocenters. The Balaban J connectivity index is 0.897. The maximum absolute atomic E-state index is 3.71. The van der Waals surface area contributed by atoms with Crippen molar-refractivity contribution in [3.8, 4) is 50.2 Å². The summed E-state index contributed by atoms with van der Waals surface area (Å²) in [6.45, 7) is 0. The molecule has 3 heteroatoms. The number of hydrogen-bond donors (Lipinski definition) is 1. The fraction of sp³-hybridized carbons (Fsp3) is 0. The van der Waals surface area contributed by atoms with Crippen LogP contribution in [0.15, 0.2) is 224 Å². The van der Waals surface area contributed by atoms with E-state index in [0.29, 0.717) is 0 Å². The van der Waals surface area contributed by atoms with Crippen LogP contribution >= 0.6 is 11.3 Å². The van der Waals surface area contributed by atoms with Crippen LogP contribution in [0.4, 0.5) is 11.4 Å². The van der Waals surface area contributed by atoms with Crippen molar-refractivity contribution >= 4 is 75.5 Å². The molecule has 2 aromatic heterocycles. The molecular weight excluding hydrogens is 757 g/mol. The Hall–Kier alpha value is -7.72. The molecule has 0 bridgehead atoms. The zero-order valence-electron chi connectivity index (χ0n) is 33.2. The molecule has 1 N–H and O–H groups in total. The van der Waals surface area contributed by atoms with E-state index in [2.05, 4.69) is 234 Å². The van der Waals surface area contributed by atoms with Crippen molar-refractivity contribution < 1.29 is 0 Å². The molecule has 12 rings (SSSR count). The number of nitrogens with one attached hydrogen (secondary N) is 1. The minimum absolute atomic E-state index is 1.06. The van der Waals surface area contributed by atoms with Gasteiger partial charge >= 0.3 is 0 Å². The van der Waals surface area contributed by atoms with E-state index in [1.165, 1.54) is 97.4 Å². The fourth-order valence-electron chi connectivity index (χ4n) is 9.15. The van der Waals surface area contributed by atoms with Crippen LogP contribution in [0.2, 0.25) is 0 Å². The summed E-state index contributed by atoms with van der Waals surface area (Å²) in [5.74, 6) is 0. The fourth-order valence-corrected chi connectivity index (χ4v) is 10.4. The highest BCUT2D eigenvalue weighted by Crippen LogP contribution is 2.42. The highest BCUT2D eigenvalue weighted by Gasteiger charge is 2.16. The van der Waals surface area contributed by atoms with Gasteiger partial charge in [0.15, 0.2) is 0 Å². The van der Waals surface area contributed by atoms with E-state index in [9.17, 15) is 0 Å². The standard InChI is InChI=1S/C58H38N2S/c1-2-13-46(14-3-1)59-54-33-30-44(36-52(54)42-27-25-41(26-28-42)48-17-10-18-51-50-16-7-9-20-57(50)61-58(48)51)39-21-23-40(24-22-39)45-31-34-56-53(37-45)49-15-6-8-19-55(49)60(56)47-32-29-38-11-4-5-12-43(38)35-47/h1-37,59H. The molecule has 0 aliphatic rings. The molecule has 10 aromatic carbocycles. The van der Waals surface area contributed by atoms with E-state index in [4.69, 9.17) is 0 Å². The highest BCUT2D eigenvalue weighted by atomic mass is 32.1. The van der Waals surface area contributed by atoms with Crippen molar-refractivity contribution in [1.82, 2.24) is 4.57 Å². The smallest absolute Gasteiger partial charge is 0.0541 e. The van der Waals surface area contributed by atoms with Crippen molar-refractivity contribution in [2.24, 2.45) is 0 Å². The number of thiophene rings is 1. The largest absolute Gasteiger partial charge is 0.355 e. The maximum atomic E-state index is 3.71. The molecular formula is C58H38N2S. The molecule has 0 spiro atoms. The average Bonchev–Trinajstić information content (AvgIpc) is 3.88. The molecule has 2 nitrogen and oxygen atoms in total. The summed E-state index contributed by atoms with van der Waals surface area (Å²) in [6.07, 6.45) is 0. The summed E-state index contributed by atoms with van der Waals surface area (Å²) in [4.78, 5) is 0. The number of fused-ring (bicyclic) bond motifs is 7. The molecule has 0 unspecified atom stereocenters. The number of aromatic nitrogens is 1. The molecule has 0 aliphatic heterocycles. The number of anilines is 2. The first kappa shape index (κ1) is 35.2. The molecule has 0 fully saturated rings. The Morgan fingerprint density at radius 3 is 1.77 bits per heavy atom. The summed E-state index contributed by atoms with van der Waals surface area (Å²) in [7, 11) is 0. The van der Waals surface area contributed by atoms with Crippen LogP contribution in [-0.2, 0) is 0 Å². The number of hydrogen-bond acceptors (Lipinski definition) is 2. The molecule has 61 heavy (non-hydrogen) atoms. The van der Waals surface area contributed by atoms with Crippen LogP contribution in [0.25, 0.3) is 103 Å². The quantitative estimate of drug-likeness (QED) is 0.170. The van der Waals surface area contributed by atoms with Crippen molar-refractivity contribution in [3.05, 3.63) is 224 Å². The first-order valence-corrected chi connectivity index (χ1v) is 21.6. The van der Waals surface area contributed by atoms with E-state index in [1.807, 2.05) is 11.3 Å². The van der Waals surface area contributed by atoms with Gasteiger partial charge in [-0.05, 0) is 110 Å². The zero-order chi connectivity index (χ0) is 40.3. The summed E-state index contributed by atoms with van der Waals surface area (Å²) in [5.41, 5.74) is 15.3. The third-order valence-corrected chi connectivity index (χ3v) is 13.4. The van der Waals surface area contributed by atoms with Gasteiger partial charge in [-0.25, -0.2) is 0 Å². The van der Waals surface area contributed by atoms with E-state index in [1.54, 1.807) is 0 Å².